The topological polar surface area (TPSA) is 69.6 Å². The van der Waals surface area contributed by atoms with E-state index >= 15 is 0 Å². The van der Waals surface area contributed by atoms with Crippen LogP contribution in [0.15, 0.2) is 24.3 Å². The van der Waals surface area contributed by atoms with E-state index in [4.69, 9.17) is 0 Å². The summed E-state index contributed by atoms with van der Waals surface area (Å²) in [5, 5.41) is 22.3. The molecule has 0 saturated heterocycles. The van der Waals surface area contributed by atoms with Gasteiger partial charge in [0.2, 0.25) is 5.91 Å². The van der Waals surface area contributed by atoms with Gasteiger partial charge in [0.25, 0.3) is 0 Å². The van der Waals surface area contributed by atoms with Crippen LogP contribution in [0.4, 0.5) is 0 Å². The summed E-state index contributed by atoms with van der Waals surface area (Å²) in [6.45, 7) is 8.21. The number of nitrogens with one attached hydrogen (secondary N) is 1. The molecule has 0 aliphatic heterocycles. The highest BCUT2D eigenvalue weighted by atomic mass is 16.3. The third-order valence-corrected chi connectivity index (χ3v) is 3.45. The third-order valence-electron chi connectivity index (χ3n) is 3.45. The van der Waals surface area contributed by atoms with Gasteiger partial charge in [-0.05, 0) is 23.6 Å². The molecule has 0 bridgehead atoms. The fourth-order valence-electron chi connectivity index (χ4n) is 2.25. The first-order chi connectivity index (χ1) is 9.22. The van der Waals surface area contributed by atoms with Crippen molar-refractivity contribution >= 4 is 5.91 Å². The Bertz CT molecular complexity index is 455. The average molecular weight is 279 g/mol. The van der Waals surface area contributed by atoms with Crippen LogP contribution < -0.4 is 5.32 Å². The lowest BCUT2D eigenvalue weighted by Crippen LogP contribution is -2.43. The van der Waals surface area contributed by atoms with Gasteiger partial charge in [-0.2, -0.15) is 0 Å². The Kier molecular flexibility index (Phi) is 5.57. The zero-order chi connectivity index (χ0) is 15.3. The highest BCUT2D eigenvalue weighted by molar-refractivity contribution is 5.78. The number of carbonyl (C=O) groups excluding carboxylic acids is 1. The molecule has 0 fully saturated rings. The molecule has 0 radical (unpaired) electrons. The maximum atomic E-state index is 11.9. The number of aromatic hydroxyl groups is 1. The van der Waals surface area contributed by atoms with Gasteiger partial charge in [-0.25, -0.2) is 0 Å². The minimum absolute atomic E-state index is 0.111. The van der Waals surface area contributed by atoms with E-state index in [0.29, 0.717) is 6.54 Å². The summed E-state index contributed by atoms with van der Waals surface area (Å²) >= 11 is 0. The second-order valence-corrected chi connectivity index (χ2v) is 6.30. The number of carbonyl (C=O) groups is 1. The van der Waals surface area contributed by atoms with Crippen molar-refractivity contribution in [2.45, 2.75) is 40.2 Å². The molecule has 1 aromatic carbocycles. The molecule has 0 aliphatic carbocycles. The van der Waals surface area contributed by atoms with Crippen molar-refractivity contribution in [2.24, 2.45) is 11.3 Å². The smallest absolute Gasteiger partial charge is 0.224 e. The van der Waals surface area contributed by atoms with Crippen LogP contribution >= 0.6 is 0 Å². The van der Waals surface area contributed by atoms with Crippen molar-refractivity contribution in [3.8, 4) is 5.75 Å². The van der Waals surface area contributed by atoms with E-state index in [2.05, 4.69) is 5.32 Å². The van der Waals surface area contributed by atoms with Crippen molar-refractivity contribution in [1.82, 2.24) is 5.32 Å². The highest BCUT2D eigenvalue weighted by Crippen LogP contribution is 2.25. The Labute approximate surface area is 120 Å². The van der Waals surface area contributed by atoms with Gasteiger partial charge >= 0.3 is 0 Å². The summed E-state index contributed by atoms with van der Waals surface area (Å²) in [4.78, 5) is 11.9. The molecule has 1 rings (SSSR count). The van der Waals surface area contributed by atoms with Crippen molar-refractivity contribution in [3.63, 3.8) is 0 Å². The first kappa shape index (κ1) is 16.5. The molecule has 0 aliphatic rings. The molecular weight excluding hydrogens is 254 g/mol. The summed E-state index contributed by atoms with van der Waals surface area (Å²) in [5.74, 6) is 0.193. The molecule has 0 saturated carbocycles. The largest absolute Gasteiger partial charge is 0.508 e. The zero-order valence-corrected chi connectivity index (χ0v) is 12.7. The van der Waals surface area contributed by atoms with E-state index in [9.17, 15) is 15.0 Å². The summed E-state index contributed by atoms with van der Waals surface area (Å²) in [6, 6.07) is 6.66. The van der Waals surface area contributed by atoms with Crippen LogP contribution in [-0.4, -0.2) is 28.8 Å². The monoisotopic (exact) mass is 279 g/mol. The minimum Gasteiger partial charge on any atom is -0.508 e. The summed E-state index contributed by atoms with van der Waals surface area (Å²) in [5.41, 5.74) is 0.396. The quantitative estimate of drug-likeness (QED) is 0.747. The molecule has 1 amide bonds. The molecule has 1 atom stereocenters. The second-order valence-electron chi connectivity index (χ2n) is 6.30. The minimum atomic E-state index is -0.469. The maximum absolute atomic E-state index is 11.9. The number of aliphatic hydroxyl groups excluding tert-OH is 1. The van der Waals surface area contributed by atoms with E-state index in [1.54, 1.807) is 24.3 Å². The average Bonchev–Trinajstić information content (AvgIpc) is 2.35. The Morgan fingerprint density at radius 2 is 2.00 bits per heavy atom. The van der Waals surface area contributed by atoms with Gasteiger partial charge < -0.3 is 15.5 Å². The number of benzene rings is 1. The van der Waals surface area contributed by atoms with E-state index < -0.39 is 6.10 Å². The molecular formula is C16H25NO3. The van der Waals surface area contributed by atoms with E-state index in [1.165, 1.54) is 0 Å². The van der Waals surface area contributed by atoms with Crippen LogP contribution in [0.3, 0.4) is 0 Å². The molecule has 0 aromatic heterocycles. The van der Waals surface area contributed by atoms with Gasteiger partial charge in [0, 0.05) is 12.0 Å². The standard InChI is InChI=1S/C16H25NO3/c1-11(2)15(20)16(3,4)10-17-14(19)9-12-6-5-7-13(18)8-12/h5-8,11,15,18,20H,9-10H2,1-4H3,(H,17,19). The number of phenols is 1. The number of aliphatic hydroxyl groups is 1. The Hall–Kier alpha value is -1.55. The lowest BCUT2D eigenvalue weighted by Gasteiger charge is -2.33. The van der Waals surface area contributed by atoms with Crippen LogP contribution in [-0.2, 0) is 11.2 Å². The van der Waals surface area contributed by atoms with Gasteiger partial charge in [-0.3, -0.25) is 4.79 Å². The molecule has 20 heavy (non-hydrogen) atoms. The predicted octanol–water partition coefficient (Wildman–Crippen LogP) is 2.09. The van der Waals surface area contributed by atoms with Crippen LogP contribution in [0.25, 0.3) is 0 Å². The summed E-state index contributed by atoms with van der Waals surface area (Å²) in [6.07, 6.45) is -0.244. The van der Waals surface area contributed by atoms with Crippen LogP contribution in [0.2, 0.25) is 0 Å². The van der Waals surface area contributed by atoms with Crippen LogP contribution in [0, 0.1) is 11.3 Å². The molecule has 112 valence electrons. The molecule has 1 unspecified atom stereocenters. The van der Waals surface area contributed by atoms with Gasteiger partial charge in [-0.1, -0.05) is 39.8 Å². The number of hydrogen-bond donors (Lipinski definition) is 3. The van der Waals surface area contributed by atoms with Crippen molar-refractivity contribution in [1.29, 1.82) is 0 Å². The van der Waals surface area contributed by atoms with Crippen molar-refractivity contribution in [2.75, 3.05) is 6.54 Å². The third kappa shape index (κ3) is 4.85. The molecule has 4 nitrogen and oxygen atoms in total. The number of rotatable bonds is 6. The lowest BCUT2D eigenvalue weighted by atomic mass is 9.80. The van der Waals surface area contributed by atoms with Crippen LogP contribution in [0.1, 0.15) is 33.3 Å². The van der Waals surface area contributed by atoms with E-state index in [0.717, 1.165) is 5.56 Å². The Morgan fingerprint density at radius 3 is 2.55 bits per heavy atom. The fraction of sp³-hybridized carbons (Fsp3) is 0.562. The van der Waals surface area contributed by atoms with Gasteiger partial charge in [0.05, 0.1) is 12.5 Å². The molecule has 3 N–H and O–H groups in total. The number of amides is 1. The number of hydrogen-bond acceptors (Lipinski definition) is 3. The van der Waals surface area contributed by atoms with Gasteiger partial charge in [0.15, 0.2) is 0 Å². The lowest BCUT2D eigenvalue weighted by molar-refractivity contribution is -0.121. The molecule has 0 spiro atoms. The summed E-state index contributed by atoms with van der Waals surface area (Å²) in [7, 11) is 0. The molecule has 0 heterocycles. The fourth-order valence-corrected chi connectivity index (χ4v) is 2.25. The zero-order valence-electron chi connectivity index (χ0n) is 12.7. The maximum Gasteiger partial charge on any atom is 0.224 e. The first-order valence-corrected chi connectivity index (χ1v) is 6.95. The second kappa shape index (κ2) is 6.75. The predicted molar refractivity (Wildman–Crippen MR) is 79.4 cm³/mol. The van der Waals surface area contributed by atoms with E-state index in [-0.39, 0.29) is 29.4 Å². The molecule has 1 aromatic rings. The van der Waals surface area contributed by atoms with Gasteiger partial charge in [0.1, 0.15) is 5.75 Å². The molecule has 4 heteroatoms. The normalized spacial score (nSPS) is 13.3. The van der Waals surface area contributed by atoms with Crippen molar-refractivity contribution < 1.29 is 15.0 Å². The number of phenolic OH excluding ortho intramolecular Hbond substituents is 1. The SMILES string of the molecule is CC(C)C(O)C(C)(C)CNC(=O)Cc1cccc(O)c1. The Balaban J connectivity index is 2.51. The highest BCUT2D eigenvalue weighted by Gasteiger charge is 2.30. The summed E-state index contributed by atoms with van der Waals surface area (Å²) < 4.78 is 0. The van der Waals surface area contributed by atoms with Crippen LogP contribution in [0.5, 0.6) is 5.75 Å². The first-order valence-electron chi connectivity index (χ1n) is 6.95. The Morgan fingerprint density at radius 1 is 1.35 bits per heavy atom. The van der Waals surface area contributed by atoms with E-state index in [1.807, 2.05) is 27.7 Å². The van der Waals surface area contributed by atoms with Gasteiger partial charge in [-0.15, -0.1) is 0 Å². The van der Waals surface area contributed by atoms with Crippen molar-refractivity contribution in [3.05, 3.63) is 29.8 Å².